The van der Waals surface area contributed by atoms with Crippen LogP contribution in [0.15, 0.2) is 16.9 Å². The number of tetrazole rings is 1. The van der Waals surface area contributed by atoms with Crippen molar-refractivity contribution in [1.29, 1.82) is 0 Å². The van der Waals surface area contributed by atoms with Crippen LogP contribution in [0.3, 0.4) is 0 Å². The number of hydrogen-bond acceptors (Lipinski definition) is 12. The van der Waals surface area contributed by atoms with Gasteiger partial charge in [0, 0.05) is 6.26 Å². The molecular formula is C20H26N6O8S. The lowest BCUT2D eigenvalue weighted by atomic mass is 10.1. The highest BCUT2D eigenvalue weighted by molar-refractivity contribution is 7.91. The van der Waals surface area contributed by atoms with Crippen LogP contribution in [0.2, 0.25) is 0 Å². The minimum atomic E-state index is -3.59. The molecule has 35 heavy (non-hydrogen) atoms. The second-order valence-electron chi connectivity index (χ2n) is 8.38. The summed E-state index contributed by atoms with van der Waals surface area (Å²) in [6, 6.07) is 3.36. The summed E-state index contributed by atoms with van der Waals surface area (Å²) in [7, 11) is -3.59. The van der Waals surface area contributed by atoms with Gasteiger partial charge >= 0.3 is 0 Å². The third kappa shape index (κ3) is 5.94. The molecule has 0 spiro atoms. The molecule has 190 valence electrons. The monoisotopic (exact) mass is 510 g/mol. The molecule has 0 saturated heterocycles. The molecule has 0 bridgehead atoms. The maximum Gasteiger partial charge on any atom is 0.281 e. The van der Waals surface area contributed by atoms with Crippen molar-refractivity contribution in [3.63, 3.8) is 0 Å². The van der Waals surface area contributed by atoms with Gasteiger partial charge in [0.1, 0.15) is 30.6 Å². The van der Waals surface area contributed by atoms with Crippen molar-refractivity contribution in [2.24, 2.45) is 0 Å². The highest BCUT2D eigenvalue weighted by Gasteiger charge is 2.27. The summed E-state index contributed by atoms with van der Waals surface area (Å²) < 4.78 is 24.9. The number of carbonyl (C=O) groups excluding carboxylic acids is 1. The van der Waals surface area contributed by atoms with Crippen molar-refractivity contribution < 1.29 is 33.6 Å². The average molecular weight is 511 g/mol. The Hall–Kier alpha value is -3.11. The van der Waals surface area contributed by atoms with Crippen LogP contribution in [-0.2, 0) is 27.7 Å². The fourth-order valence-electron chi connectivity index (χ4n) is 3.47. The van der Waals surface area contributed by atoms with E-state index < -0.39 is 64.9 Å². The number of nitrogens with zero attached hydrogens (tertiary/aromatic N) is 6. The van der Waals surface area contributed by atoms with Crippen molar-refractivity contribution in [2.45, 2.75) is 45.2 Å². The van der Waals surface area contributed by atoms with Gasteiger partial charge in [-0.3, -0.25) is 9.59 Å². The lowest BCUT2D eigenvalue weighted by molar-refractivity contribution is -0.117. The van der Waals surface area contributed by atoms with E-state index >= 15 is 0 Å². The van der Waals surface area contributed by atoms with Crippen LogP contribution < -0.4 is 5.56 Å². The number of Topliss-reactive ketones (excluding diaryl/α,β-unsaturated/α-hetero) is 1. The molecule has 3 aromatic rings. The zero-order valence-electron chi connectivity index (χ0n) is 19.2. The number of hydrogen-bond donors (Lipinski definition) is 4. The van der Waals surface area contributed by atoms with Crippen LogP contribution in [0.25, 0.3) is 22.6 Å². The van der Waals surface area contributed by atoms with Crippen LogP contribution in [0.5, 0.6) is 0 Å². The van der Waals surface area contributed by atoms with Crippen molar-refractivity contribution in [2.75, 3.05) is 18.6 Å². The van der Waals surface area contributed by atoms with E-state index in [-0.39, 0.29) is 11.5 Å². The SMILES string of the molecule is Cc1cc2nc(-c3nnnn3CC(=O)CS(C)(=O)=O)c(=O)n(C[C@H](O)[C@H](O)[C@H](O)CO)c2cc1C. The number of ketones is 1. The number of aromatic nitrogens is 6. The van der Waals surface area contributed by atoms with E-state index in [0.29, 0.717) is 11.0 Å². The largest absolute Gasteiger partial charge is 0.394 e. The maximum absolute atomic E-state index is 13.4. The van der Waals surface area contributed by atoms with Gasteiger partial charge in [0.15, 0.2) is 21.3 Å². The average Bonchev–Trinajstić information content (AvgIpc) is 3.21. The van der Waals surface area contributed by atoms with Gasteiger partial charge in [0.2, 0.25) is 5.82 Å². The zero-order valence-corrected chi connectivity index (χ0v) is 20.0. The molecule has 15 heteroatoms. The third-order valence-corrected chi connectivity index (χ3v) is 6.25. The van der Waals surface area contributed by atoms with Gasteiger partial charge in [-0.1, -0.05) is 0 Å². The normalized spacial score (nSPS) is 14.7. The van der Waals surface area contributed by atoms with Gasteiger partial charge in [-0.05, 0) is 47.5 Å². The molecule has 0 unspecified atom stereocenters. The first-order chi connectivity index (χ1) is 16.3. The molecule has 0 radical (unpaired) electrons. The molecule has 0 fully saturated rings. The molecule has 0 aliphatic heterocycles. The van der Waals surface area contributed by atoms with Crippen molar-refractivity contribution >= 4 is 26.7 Å². The van der Waals surface area contributed by atoms with Crippen LogP contribution >= 0.6 is 0 Å². The van der Waals surface area contributed by atoms with Crippen LogP contribution in [0, 0.1) is 13.8 Å². The fourth-order valence-corrected chi connectivity index (χ4v) is 4.15. The summed E-state index contributed by atoms with van der Waals surface area (Å²) in [5.41, 5.74) is 1.27. The van der Waals surface area contributed by atoms with Gasteiger partial charge in [-0.15, -0.1) is 5.10 Å². The molecule has 2 aromatic heterocycles. The van der Waals surface area contributed by atoms with Gasteiger partial charge < -0.3 is 25.0 Å². The first-order valence-corrected chi connectivity index (χ1v) is 12.5. The Morgan fingerprint density at radius 2 is 1.77 bits per heavy atom. The first-order valence-electron chi connectivity index (χ1n) is 10.4. The molecule has 4 N–H and O–H groups in total. The molecule has 0 amide bonds. The molecular weight excluding hydrogens is 484 g/mol. The zero-order chi connectivity index (χ0) is 26.1. The molecule has 2 heterocycles. The molecule has 14 nitrogen and oxygen atoms in total. The number of rotatable bonds is 10. The van der Waals surface area contributed by atoms with Crippen LogP contribution in [-0.4, -0.2) is 101 Å². The van der Waals surface area contributed by atoms with Crippen molar-refractivity contribution in [3.8, 4) is 11.5 Å². The van der Waals surface area contributed by atoms with E-state index in [0.717, 1.165) is 26.6 Å². The second kappa shape index (κ2) is 10.2. The number of aliphatic hydroxyl groups excluding tert-OH is 4. The predicted octanol–water partition coefficient (Wildman–Crippen LogP) is -2.64. The van der Waals surface area contributed by atoms with Gasteiger partial charge in [-0.25, -0.2) is 18.1 Å². The fraction of sp³-hybridized carbons (Fsp3) is 0.500. The molecule has 0 aliphatic rings. The van der Waals surface area contributed by atoms with Gasteiger partial charge in [0.25, 0.3) is 5.56 Å². The number of aryl methyl sites for hydroxylation is 2. The van der Waals surface area contributed by atoms with Crippen molar-refractivity contribution in [1.82, 2.24) is 29.8 Å². The molecule has 3 rings (SSSR count). The Morgan fingerprint density at radius 1 is 1.11 bits per heavy atom. The minimum absolute atomic E-state index is 0.198. The lowest BCUT2D eigenvalue weighted by Gasteiger charge is -2.23. The van der Waals surface area contributed by atoms with Crippen LogP contribution in [0.4, 0.5) is 0 Å². The third-order valence-electron chi connectivity index (χ3n) is 5.40. The summed E-state index contributed by atoms with van der Waals surface area (Å²) in [4.78, 5) is 30.0. The highest BCUT2D eigenvalue weighted by atomic mass is 32.2. The smallest absolute Gasteiger partial charge is 0.281 e. The van der Waals surface area contributed by atoms with E-state index in [1.165, 1.54) is 0 Å². The van der Waals surface area contributed by atoms with Crippen molar-refractivity contribution in [3.05, 3.63) is 33.6 Å². The van der Waals surface area contributed by atoms with Gasteiger partial charge in [0.05, 0.1) is 24.2 Å². The van der Waals surface area contributed by atoms with Gasteiger partial charge in [-0.2, -0.15) is 0 Å². The summed E-state index contributed by atoms with van der Waals surface area (Å²) in [5, 5.41) is 50.2. The van der Waals surface area contributed by atoms with E-state index in [1.807, 2.05) is 13.8 Å². The molecule has 1 aromatic carbocycles. The Bertz CT molecular complexity index is 1420. The topological polar surface area (TPSA) is 211 Å². The highest BCUT2D eigenvalue weighted by Crippen LogP contribution is 2.20. The Labute approximate surface area is 199 Å². The molecule has 0 aliphatic carbocycles. The molecule has 0 saturated carbocycles. The minimum Gasteiger partial charge on any atom is -0.394 e. The van der Waals surface area contributed by atoms with E-state index in [2.05, 4.69) is 20.5 Å². The summed E-state index contributed by atoms with van der Waals surface area (Å²) >= 11 is 0. The maximum atomic E-state index is 13.4. The number of benzene rings is 1. The Morgan fingerprint density at radius 3 is 2.40 bits per heavy atom. The Balaban J connectivity index is 2.15. The number of carbonyl (C=O) groups is 1. The Kier molecular flexibility index (Phi) is 7.76. The van der Waals surface area contributed by atoms with Crippen LogP contribution in [0.1, 0.15) is 11.1 Å². The summed E-state index contributed by atoms with van der Waals surface area (Å²) in [5.74, 6) is -1.64. The number of fused-ring (bicyclic) bond motifs is 1. The number of sulfone groups is 1. The predicted molar refractivity (Wildman–Crippen MR) is 122 cm³/mol. The van der Waals surface area contributed by atoms with E-state index in [9.17, 15) is 33.3 Å². The standard InChI is InChI=1S/C20H26N6O8S/c1-10-4-13-14(5-11(10)2)25(7-15(29)18(31)16(30)8-27)20(32)17(21-13)19-22-23-24-26(19)6-12(28)9-35(3,33)34/h4-5,15-16,18,27,29-31H,6-9H2,1-3H3/t15-,16+,18-/m0/s1. The summed E-state index contributed by atoms with van der Waals surface area (Å²) in [6.07, 6.45) is -4.11. The number of aliphatic hydroxyl groups is 4. The second-order valence-corrected chi connectivity index (χ2v) is 10.5. The summed E-state index contributed by atoms with van der Waals surface area (Å²) in [6.45, 7) is 1.84. The van der Waals surface area contributed by atoms with E-state index in [1.54, 1.807) is 12.1 Å². The first kappa shape index (κ1) is 26.5. The molecule has 3 atom stereocenters. The quantitative estimate of drug-likeness (QED) is 0.220. The van der Waals surface area contributed by atoms with E-state index in [4.69, 9.17) is 5.11 Å². The lowest BCUT2D eigenvalue weighted by Crippen LogP contribution is -2.43.